The van der Waals surface area contributed by atoms with Gasteiger partial charge in [0.25, 0.3) is 0 Å². The van der Waals surface area contributed by atoms with Gasteiger partial charge in [0.05, 0.1) is 0 Å². The Morgan fingerprint density at radius 2 is 1.73 bits per heavy atom. The van der Waals surface area contributed by atoms with Gasteiger partial charge < -0.3 is 5.32 Å². The molecule has 3 heteroatoms. The average molecular weight is 215 g/mol. The Balaban J connectivity index is 0.000000442. The minimum atomic E-state index is 0.396. The lowest BCUT2D eigenvalue weighted by Gasteiger charge is -2.34. The van der Waals surface area contributed by atoms with Crippen LogP contribution in [0.2, 0.25) is 0 Å². The number of nitrogens with one attached hydrogen (secondary N) is 1. The summed E-state index contributed by atoms with van der Waals surface area (Å²) in [4.78, 5) is 0. The third-order valence-corrected chi connectivity index (χ3v) is 2.97. The monoisotopic (exact) mass is 215 g/mol. The van der Waals surface area contributed by atoms with E-state index < -0.39 is 0 Å². The Kier molecular flexibility index (Phi) is 8.02. The molecule has 2 aliphatic heterocycles. The van der Waals surface area contributed by atoms with Gasteiger partial charge in [-0.25, -0.2) is 5.01 Å². The van der Waals surface area contributed by atoms with Gasteiger partial charge in [-0.05, 0) is 25.8 Å². The molecule has 0 aliphatic carbocycles. The summed E-state index contributed by atoms with van der Waals surface area (Å²) in [6, 6.07) is 0. The predicted molar refractivity (Wildman–Crippen MR) is 67.7 cm³/mol. The van der Waals surface area contributed by atoms with Gasteiger partial charge in [-0.2, -0.15) is 0 Å². The van der Waals surface area contributed by atoms with E-state index in [2.05, 4.69) is 5.32 Å². The lowest BCUT2D eigenvalue weighted by Crippen LogP contribution is -2.51. The summed E-state index contributed by atoms with van der Waals surface area (Å²) in [5.74, 6) is 5.73. The molecule has 0 amide bonds. The van der Waals surface area contributed by atoms with Gasteiger partial charge in [0.15, 0.2) is 0 Å². The maximum Gasteiger partial charge on any atom is 0.0335 e. The second-order valence-electron chi connectivity index (χ2n) is 3.88. The summed E-state index contributed by atoms with van der Waals surface area (Å²) in [7, 11) is 0. The van der Waals surface area contributed by atoms with E-state index in [1.54, 1.807) is 0 Å². The molecule has 2 rings (SSSR count). The SMILES string of the molecule is CC.CC.NN1CCC2(CCCCN2)C1. The van der Waals surface area contributed by atoms with Crippen LogP contribution in [0.1, 0.15) is 53.4 Å². The summed E-state index contributed by atoms with van der Waals surface area (Å²) < 4.78 is 0. The van der Waals surface area contributed by atoms with Crippen LogP contribution in [0.5, 0.6) is 0 Å². The molecule has 0 aromatic carbocycles. The Bertz CT molecular complexity index is 136. The largest absolute Gasteiger partial charge is 0.310 e. The zero-order chi connectivity index (χ0) is 11.7. The number of hydrogen-bond acceptors (Lipinski definition) is 3. The number of piperidine rings is 1. The molecule has 2 aliphatic rings. The van der Waals surface area contributed by atoms with Crippen molar-refractivity contribution >= 4 is 0 Å². The molecule has 0 aromatic heterocycles. The second kappa shape index (κ2) is 8.08. The van der Waals surface area contributed by atoms with E-state index in [-0.39, 0.29) is 0 Å². The average Bonchev–Trinajstić information content (AvgIpc) is 2.66. The highest BCUT2D eigenvalue weighted by molar-refractivity contribution is 4.97. The van der Waals surface area contributed by atoms with Crippen molar-refractivity contribution in [2.45, 2.75) is 58.9 Å². The molecule has 0 bridgehead atoms. The summed E-state index contributed by atoms with van der Waals surface area (Å²) in [5, 5.41) is 5.55. The molecule has 92 valence electrons. The van der Waals surface area contributed by atoms with Crippen LogP contribution in [0.25, 0.3) is 0 Å². The molecule has 1 atom stereocenters. The van der Waals surface area contributed by atoms with Crippen LogP contribution in [-0.4, -0.2) is 30.2 Å². The molecule has 0 aromatic rings. The molecule has 1 spiro atoms. The normalized spacial score (nSPS) is 30.2. The van der Waals surface area contributed by atoms with Gasteiger partial charge in [-0.3, -0.25) is 5.84 Å². The fraction of sp³-hybridized carbons (Fsp3) is 1.00. The van der Waals surface area contributed by atoms with Crippen LogP contribution < -0.4 is 11.2 Å². The number of nitrogens with zero attached hydrogens (tertiary/aromatic N) is 1. The highest BCUT2D eigenvalue weighted by atomic mass is 15.4. The van der Waals surface area contributed by atoms with Gasteiger partial charge in [0.1, 0.15) is 0 Å². The lowest BCUT2D eigenvalue weighted by atomic mass is 9.88. The lowest BCUT2D eigenvalue weighted by molar-refractivity contribution is 0.240. The predicted octanol–water partition coefficient (Wildman–Crippen LogP) is 2.13. The van der Waals surface area contributed by atoms with Crippen LogP contribution in [0.3, 0.4) is 0 Å². The first-order valence-corrected chi connectivity index (χ1v) is 6.55. The van der Waals surface area contributed by atoms with Crippen LogP contribution >= 0.6 is 0 Å². The van der Waals surface area contributed by atoms with Crippen molar-refractivity contribution < 1.29 is 0 Å². The highest BCUT2D eigenvalue weighted by Crippen LogP contribution is 2.27. The maximum atomic E-state index is 5.73. The van der Waals surface area contributed by atoms with Crippen molar-refractivity contribution in [3.8, 4) is 0 Å². The Labute approximate surface area is 95.4 Å². The molecule has 0 saturated carbocycles. The van der Waals surface area contributed by atoms with Crippen molar-refractivity contribution in [1.82, 2.24) is 10.3 Å². The van der Waals surface area contributed by atoms with Crippen molar-refractivity contribution in [2.75, 3.05) is 19.6 Å². The van der Waals surface area contributed by atoms with Crippen molar-refractivity contribution in [3.05, 3.63) is 0 Å². The molecule has 2 saturated heterocycles. The number of hydrazine groups is 1. The van der Waals surface area contributed by atoms with Gasteiger partial charge in [-0.1, -0.05) is 34.1 Å². The minimum Gasteiger partial charge on any atom is -0.310 e. The first-order chi connectivity index (χ1) is 7.31. The van der Waals surface area contributed by atoms with Gasteiger partial charge in [0, 0.05) is 18.6 Å². The Hall–Kier alpha value is -0.120. The maximum absolute atomic E-state index is 5.73. The number of rotatable bonds is 0. The molecule has 3 nitrogen and oxygen atoms in total. The molecule has 1 unspecified atom stereocenters. The van der Waals surface area contributed by atoms with E-state index in [4.69, 9.17) is 5.84 Å². The number of nitrogens with two attached hydrogens (primary N) is 1. The van der Waals surface area contributed by atoms with E-state index in [1.165, 1.54) is 32.2 Å². The topological polar surface area (TPSA) is 41.3 Å². The van der Waals surface area contributed by atoms with Crippen LogP contribution in [-0.2, 0) is 0 Å². The van der Waals surface area contributed by atoms with Crippen molar-refractivity contribution in [1.29, 1.82) is 0 Å². The zero-order valence-electron chi connectivity index (χ0n) is 11.0. The Morgan fingerprint density at radius 3 is 2.13 bits per heavy atom. The fourth-order valence-corrected chi connectivity index (χ4v) is 2.28. The van der Waals surface area contributed by atoms with Crippen LogP contribution in [0.15, 0.2) is 0 Å². The summed E-state index contributed by atoms with van der Waals surface area (Å²) in [5.41, 5.74) is 0.396. The zero-order valence-corrected chi connectivity index (χ0v) is 11.0. The van der Waals surface area contributed by atoms with Gasteiger partial charge in [0.2, 0.25) is 0 Å². The second-order valence-corrected chi connectivity index (χ2v) is 3.88. The molecule has 15 heavy (non-hydrogen) atoms. The van der Waals surface area contributed by atoms with E-state index >= 15 is 0 Å². The minimum absolute atomic E-state index is 0.396. The molecule has 2 heterocycles. The summed E-state index contributed by atoms with van der Waals surface area (Å²) in [6.07, 6.45) is 5.28. The van der Waals surface area contributed by atoms with E-state index in [9.17, 15) is 0 Å². The van der Waals surface area contributed by atoms with E-state index in [0.717, 1.165) is 13.1 Å². The molecular formula is C12H29N3. The first kappa shape index (κ1) is 14.9. The van der Waals surface area contributed by atoms with Crippen LogP contribution in [0, 0.1) is 0 Å². The quantitative estimate of drug-likeness (QED) is 0.608. The standard InChI is InChI=1S/C8H17N3.2C2H6/c9-11-6-4-8(7-11)3-1-2-5-10-8;2*1-2/h10H,1-7,9H2;2*1-2H3. The third kappa shape index (κ3) is 4.49. The smallest absolute Gasteiger partial charge is 0.0335 e. The van der Waals surface area contributed by atoms with Crippen LogP contribution in [0.4, 0.5) is 0 Å². The summed E-state index contributed by atoms with van der Waals surface area (Å²) >= 11 is 0. The van der Waals surface area contributed by atoms with Crippen molar-refractivity contribution in [3.63, 3.8) is 0 Å². The molecular weight excluding hydrogens is 186 g/mol. The molecule has 3 N–H and O–H groups in total. The van der Waals surface area contributed by atoms with Crippen molar-refractivity contribution in [2.24, 2.45) is 5.84 Å². The number of hydrogen-bond donors (Lipinski definition) is 2. The third-order valence-electron chi connectivity index (χ3n) is 2.97. The van der Waals surface area contributed by atoms with Gasteiger partial charge >= 0.3 is 0 Å². The molecule has 2 fully saturated rings. The fourth-order valence-electron chi connectivity index (χ4n) is 2.28. The Morgan fingerprint density at radius 1 is 1.07 bits per heavy atom. The summed E-state index contributed by atoms with van der Waals surface area (Å²) in [6.45, 7) is 11.3. The highest BCUT2D eigenvalue weighted by Gasteiger charge is 2.37. The molecule has 0 radical (unpaired) electrons. The van der Waals surface area contributed by atoms with E-state index in [1.807, 2.05) is 32.7 Å². The first-order valence-electron chi connectivity index (χ1n) is 6.55. The van der Waals surface area contributed by atoms with E-state index in [0.29, 0.717) is 5.54 Å². The van der Waals surface area contributed by atoms with Gasteiger partial charge in [-0.15, -0.1) is 0 Å².